The van der Waals surface area contributed by atoms with Crippen LogP contribution in [0.15, 0.2) is 23.1 Å². The van der Waals surface area contributed by atoms with Crippen LogP contribution in [-0.4, -0.2) is 32.6 Å². The van der Waals surface area contributed by atoms with Crippen molar-refractivity contribution >= 4 is 16.0 Å². The molecule has 0 spiro atoms. The van der Waals surface area contributed by atoms with Crippen molar-refractivity contribution in [3.63, 3.8) is 0 Å². The zero-order valence-corrected chi connectivity index (χ0v) is 11.9. The van der Waals surface area contributed by atoms with E-state index in [9.17, 15) is 17.6 Å². The predicted octanol–water partition coefficient (Wildman–Crippen LogP) is 1.37. The van der Waals surface area contributed by atoms with E-state index in [1.54, 1.807) is 6.92 Å². The lowest BCUT2D eigenvalue weighted by molar-refractivity contribution is -0.137. The first-order chi connectivity index (χ1) is 9.30. The number of sulfonamides is 1. The lowest BCUT2D eigenvalue weighted by Gasteiger charge is -2.15. The standard InChI is InChI=1S/C12H16FNO5S/c1-3-8(6-12(15)16)14-20(17,18)9-4-5-11(19-2)10(13)7-9/h4-5,7-8,14H,3,6H2,1-2H3,(H,15,16). The maximum atomic E-state index is 13.5. The van der Waals surface area contributed by atoms with Crippen molar-refractivity contribution < 1.29 is 27.4 Å². The average Bonchev–Trinajstić information content (AvgIpc) is 2.36. The minimum atomic E-state index is -3.97. The predicted molar refractivity (Wildman–Crippen MR) is 69.6 cm³/mol. The third kappa shape index (κ3) is 4.17. The molecule has 0 radical (unpaired) electrons. The highest BCUT2D eigenvalue weighted by Gasteiger charge is 2.22. The number of rotatable bonds is 7. The van der Waals surface area contributed by atoms with Crippen molar-refractivity contribution in [3.05, 3.63) is 24.0 Å². The highest BCUT2D eigenvalue weighted by atomic mass is 32.2. The van der Waals surface area contributed by atoms with Gasteiger partial charge >= 0.3 is 5.97 Å². The molecule has 1 unspecified atom stereocenters. The summed E-state index contributed by atoms with van der Waals surface area (Å²) in [5.74, 6) is -1.98. The normalized spacial score (nSPS) is 12.9. The Balaban J connectivity index is 2.98. The van der Waals surface area contributed by atoms with Gasteiger partial charge in [0.25, 0.3) is 0 Å². The summed E-state index contributed by atoms with van der Waals surface area (Å²) in [6, 6.07) is 2.47. The summed E-state index contributed by atoms with van der Waals surface area (Å²) in [5.41, 5.74) is 0. The first-order valence-corrected chi connectivity index (χ1v) is 7.36. The second-order valence-electron chi connectivity index (χ2n) is 4.12. The van der Waals surface area contributed by atoms with Crippen LogP contribution < -0.4 is 9.46 Å². The maximum absolute atomic E-state index is 13.5. The van der Waals surface area contributed by atoms with Crippen LogP contribution in [0.4, 0.5) is 4.39 Å². The monoisotopic (exact) mass is 305 g/mol. The number of benzene rings is 1. The van der Waals surface area contributed by atoms with E-state index in [2.05, 4.69) is 4.72 Å². The minimum absolute atomic E-state index is 0.0680. The van der Waals surface area contributed by atoms with Gasteiger partial charge in [-0.25, -0.2) is 17.5 Å². The molecule has 0 fully saturated rings. The lowest BCUT2D eigenvalue weighted by Crippen LogP contribution is -2.36. The van der Waals surface area contributed by atoms with Gasteiger partial charge < -0.3 is 9.84 Å². The van der Waals surface area contributed by atoms with Gasteiger partial charge in [0.1, 0.15) is 0 Å². The lowest BCUT2D eigenvalue weighted by atomic mass is 10.2. The largest absolute Gasteiger partial charge is 0.494 e. The molecule has 0 saturated carbocycles. The molecule has 1 aromatic rings. The van der Waals surface area contributed by atoms with Crippen molar-refractivity contribution in [2.75, 3.05) is 7.11 Å². The molecule has 1 rings (SSSR count). The molecule has 0 aliphatic carbocycles. The molecule has 0 aliphatic heterocycles. The maximum Gasteiger partial charge on any atom is 0.304 e. The summed E-state index contributed by atoms with van der Waals surface area (Å²) in [7, 11) is -2.70. The SMILES string of the molecule is CCC(CC(=O)O)NS(=O)(=O)c1ccc(OC)c(F)c1. The Hall–Kier alpha value is -1.67. The highest BCUT2D eigenvalue weighted by molar-refractivity contribution is 7.89. The van der Waals surface area contributed by atoms with Crippen LogP contribution in [0.2, 0.25) is 0 Å². The zero-order valence-electron chi connectivity index (χ0n) is 11.1. The zero-order chi connectivity index (χ0) is 15.3. The molecular formula is C12H16FNO5S. The summed E-state index contributed by atoms with van der Waals surface area (Å²) >= 11 is 0. The van der Waals surface area contributed by atoms with Gasteiger partial charge in [-0.2, -0.15) is 0 Å². The minimum Gasteiger partial charge on any atom is -0.494 e. The van der Waals surface area contributed by atoms with Crippen molar-refractivity contribution in [1.29, 1.82) is 0 Å². The van der Waals surface area contributed by atoms with E-state index in [4.69, 9.17) is 9.84 Å². The molecule has 0 saturated heterocycles. The van der Waals surface area contributed by atoms with Gasteiger partial charge in [0.2, 0.25) is 10.0 Å². The van der Waals surface area contributed by atoms with Crippen molar-refractivity contribution in [2.24, 2.45) is 0 Å². The van der Waals surface area contributed by atoms with Crippen LogP contribution in [0.25, 0.3) is 0 Å². The van der Waals surface area contributed by atoms with Gasteiger partial charge in [0, 0.05) is 6.04 Å². The fraction of sp³-hybridized carbons (Fsp3) is 0.417. The molecule has 0 aromatic heterocycles. The highest BCUT2D eigenvalue weighted by Crippen LogP contribution is 2.21. The number of halogens is 1. The Morgan fingerprint density at radius 1 is 1.50 bits per heavy atom. The third-order valence-corrected chi connectivity index (χ3v) is 4.19. The van der Waals surface area contributed by atoms with Gasteiger partial charge in [-0.15, -0.1) is 0 Å². The van der Waals surface area contributed by atoms with Gasteiger partial charge in [0.05, 0.1) is 18.4 Å². The first-order valence-electron chi connectivity index (χ1n) is 5.87. The molecule has 0 heterocycles. The van der Waals surface area contributed by atoms with Crippen LogP contribution in [0.1, 0.15) is 19.8 Å². The van der Waals surface area contributed by atoms with E-state index in [0.29, 0.717) is 6.42 Å². The number of methoxy groups -OCH3 is 1. The molecule has 0 bridgehead atoms. The van der Waals surface area contributed by atoms with E-state index < -0.39 is 27.9 Å². The molecule has 6 nitrogen and oxygen atoms in total. The molecule has 1 atom stereocenters. The summed E-state index contributed by atoms with van der Waals surface area (Å²) in [4.78, 5) is 10.3. The molecule has 8 heteroatoms. The Bertz CT molecular complexity index is 588. The van der Waals surface area contributed by atoms with Gasteiger partial charge in [-0.3, -0.25) is 4.79 Å². The summed E-state index contributed by atoms with van der Waals surface area (Å²) in [6.07, 6.45) is -0.0292. The fourth-order valence-electron chi connectivity index (χ4n) is 1.58. The molecule has 0 aliphatic rings. The third-order valence-electron chi connectivity index (χ3n) is 2.67. The van der Waals surface area contributed by atoms with Crippen molar-refractivity contribution in [1.82, 2.24) is 4.72 Å². The molecular weight excluding hydrogens is 289 g/mol. The fourth-order valence-corrected chi connectivity index (χ4v) is 2.91. The summed E-state index contributed by atoms with van der Waals surface area (Å²) in [6.45, 7) is 1.66. The number of nitrogens with one attached hydrogen (secondary N) is 1. The Morgan fingerprint density at radius 3 is 2.60 bits per heavy atom. The molecule has 20 heavy (non-hydrogen) atoms. The van der Waals surface area contributed by atoms with E-state index in [1.165, 1.54) is 19.2 Å². The quantitative estimate of drug-likeness (QED) is 0.793. The number of aliphatic carboxylic acids is 1. The van der Waals surface area contributed by atoms with Crippen LogP contribution in [0.5, 0.6) is 5.75 Å². The van der Waals surface area contributed by atoms with Gasteiger partial charge in [-0.1, -0.05) is 6.92 Å². The smallest absolute Gasteiger partial charge is 0.304 e. The van der Waals surface area contributed by atoms with E-state index in [0.717, 1.165) is 6.07 Å². The number of ether oxygens (including phenoxy) is 1. The second kappa shape index (κ2) is 6.67. The number of hydrogen-bond donors (Lipinski definition) is 2. The molecule has 112 valence electrons. The van der Waals surface area contributed by atoms with Crippen LogP contribution in [-0.2, 0) is 14.8 Å². The second-order valence-corrected chi connectivity index (χ2v) is 5.83. The van der Waals surface area contributed by atoms with E-state index in [1.807, 2.05) is 0 Å². The average molecular weight is 305 g/mol. The number of carbonyl (C=O) groups is 1. The molecule has 1 aromatic carbocycles. The van der Waals surface area contributed by atoms with Crippen LogP contribution in [0, 0.1) is 5.82 Å². The topological polar surface area (TPSA) is 92.7 Å². The number of hydrogen-bond acceptors (Lipinski definition) is 4. The van der Waals surface area contributed by atoms with E-state index >= 15 is 0 Å². The van der Waals surface area contributed by atoms with Crippen LogP contribution >= 0.6 is 0 Å². The van der Waals surface area contributed by atoms with Crippen LogP contribution in [0.3, 0.4) is 0 Å². The van der Waals surface area contributed by atoms with Gasteiger partial charge in [0.15, 0.2) is 11.6 Å². The summed E-state index contributed by atoms with van der Waals surface area (Å²) in [5, 5.41) is 8.68. The number of carboxylic acids is 1. The van der Waals surface area contributed by atoms with Gasteiger partial charge in [-0.05, 0) is 24.6 Å². The Labute approximate surface area is 116 Å². The Kier molecular flexibility index (Phi) is 5.46. The Morgan fingerprint density at radius 2 is 2.15 bits per heavy atom. The summed E-state index contributed by atoms with van der Waals surface area (Å²) < 4.78 is 44.5. The first kappa shape index (κ1) is 16.4. The van der Waals surface area contributed by atoms with Crippen molar-refractivity contribution in [3.8, 4) is 5.75 Å². The van der Waals surface area contributed by atoms with Crippen molar-refractivity contribution in [2.45, 2.75) is 30.7 Å². The molecule has 0 amide bonds. The van der Waals surface area contributed by atoms with E-state index in [-0.39, 0.29) is 17.1 Å². The molecule has 2 N–H and O–H groups in total. The number of carboxylic acid groups (broad SMARTS) is 1.